The Labute approximate surface area is 142 Å². The second-order valence-electron chi connectivity index (χ2n) is 7.13. The predicted molar refractivity (Wildman–Crippen MR) is 75.7 cm³/mol. The van der Waals surface area contributed by atoms with E-state index in [1.165, 1.54) is 0 Å². The Hall–Kier alpha value is -1.41. The van der Waals surface area contributed by atoms with Gasteiger partial charge in [-0.05, 0) is 39.0 Å². The topological polar surface area (TPSA) is 52.6 Å². The maximum absolute atomic E-state index is 12.9. The van der Waals surface area contributed by atoms with E-state index in [9.17, 15) is 31.5 Å². The van der Waals surface area contributed by atoms with Crippen molar-refractivity contribution in [1.82, 2.24) is 0 Å². The number of esters is 2. The normalized spacial score (nSPS) is 33.4. The van der Waals surface area contributed by atoms with E-state index >= 15 is 0 Å². The summed E-state index contributed by atoms with van der Waals surface area (Å²) >= 11 is 0. The first-order valence-corrected chi connectivity index (χ1v) is 8.23. The second kappa shape index (κ2) is 6.72. The zero-order valence-electron chi connectivity index (χ0n) is 14.0. The number of carbonyl (C=O) groups excluding carboxylic acids is 2. The fourth-order valence-electron chi connectivity index (χ4n) is 3.41. The average Bonchev–Trinajstić information content (AvgIpc) is 2.47. The van der Waals surface area contributed by atoms with Gasteiger partial charge in [0.15, 0.2) is 0 Å². The lowest BCUT2D eigenvalue weighted by Gasteiger charge is -2.44. The van der Waals surface area contributed by atoms with E-state index in [0.29, 0.717) is 19.3 Å². The van der Waals surface area contributed by atoms with E-state index in [2.05, 4.69) is 0 Å². The summed E-state index contributed by atoms with van der Waals surface area (Å²) in [4.78, 5) is 23.5. The van der Waals surface area contributed by atoms with Crippen molar-refractivity contribution < 1.29 is 41.0 Å². The molecule has 25 heavy (non-hydrogen) atoms. The molecule has 0 aromatic rings. The SMILES string of the molecule is CCC1(C)CC2CC(OC(=O)CC(F)(F)C(F)(F)F)CCC2OC1=O. The molecule has 4 atom stereocenters. The third-order valence-corrected chi connectivity index (χ3v) is 5.19. The first kappa shape index (κ1) is 19.9. The number of hydrogen-bond donors (Lipinski definition) is 0. The zero-order valence-corrected chi connectivity index (χ0v) is 14.0. The van der Waals surface area contributed by atoms with Crippen molar-refractivity contribution in [2.24, 2.45) is 11.3 Å². The fraction of sp³-hybridized carbons (Fsp3) is 0.875. The van der Waals surface area contributed by atoms with Gasteiger partial charge in [0.1, 0.15) is 18.6 Å². The number of fused-ring (bicyclic) bond motifs is 1. The molecule has 4 unspecified atom stereocenters. The lowest BCUT2D eigenvalue weighted by molar-refractivity contribution is -0.284. The quantitative estimate of drug-likeness (QED) is 0.553. The lowest BCUT2D eigenvalue weighted by Crippen LogP contribution is -2.48. The molecule has 0 aromatic carbocycles. The van der Waals surface area contributed by atoms with Gasteiger partial charge in [0.05, 0.1) is 5.41 Å². The molecule has 0 amide bonds. The number of alkyl halides is 5. The van der Waals surface area contributed by atoms with Crippen LogP contribution >= 0.6 is 0 Å². The molecule has 144 valence electrons. The fourth-order valence-corrected chi connectivity index (χ4v) is 3.41. The highest BCUT2D eigenvalue weighted by Gasteiger charge is 2.59. The minimum Gasteiger partial charge on any atom is -0.462 e. The first-order chi connectivity index (χ1) is 11.4. The molecule has 1 aliphatic heterocycles. The minimum atomic E-state index is -5.79. The van der Waals surface area contributed by atoms with Crippen LogP contribution in [-0.4, -0.2) is 36.2 Å². The molecular formula is C16H21F5O4. The van der Waals surface area contributed by atoms with Crippen LogP contribution < -0.4 is 0 Å². The standard InChI is InChI=1S/C16H21F5O4/c1-3-14(2)7-9-6-10(4-5-11(9)25-13(14)23)24-12(22)8-15(17,18)16(19,20)21/h9-11H,3-8H2,1-2H3. The van der Waals surface area contributed by atoms with Crippen molar-refractivity contribution >= 4 is 11.9 Å². The Kier molecular flexibility index (Phi) is 5.35. The van der Waals surface area contributed by atoms with Crippen LogP contribution in [-0.2, 0) is 19.1 Å². The molecular weight excluding hydrogens is 351 g/mol. The average molecular weight is 372 g/mol. The molecule has 1 aliphatic carbocycles. The largest absolute Gasteiger partial charge is 0.462 e. The van der Waals surface area contributed by atoms with Gasteiger partial charge in [0, 0.05) is 5.92 Å². The molecule has 0 spiro atoms. The molecule has 0 bridgehead atoms. The minimum absolute atomic E-state index is 0.0997. The van der Waals surface area contributed by atoms with Crippen LogP contribution in [0.1, 0.15) is 52.4 Å². The molecule has 9 heteroatoms. The van der Waals surface area contributed by atoms with Crippen LogP contribution in [0.2, 0.25) is 0 Å². The van der Waals surface area contributed by atoms with Gasteiger partial charge in [-0.15, -0.1) is 0 Å². The summed E-state index contributed by atoms with van der Waals surface area (Å²) in [5.74, 6) is -7.06. The van der Waals surface area contributed by atoms with Gasteiger partial charge in [-0.1, -0.05) is 6.92 Å². The van der Waals surface area contributed by atoms with E-state index in [1.807, 2.05) is 6.92 Å². The summed E-state index contributed by atoms with van der Waals surface area (Å²) in [7, 11) is 0. The Morgan fingerprint density at radius 2 is 1.92 bits per heavy atom. The molecule has 1 saturated heterocycles. The van der Waals surface area contributed by atoms with Gasteiger partial charge in [-0.2, -0.15) is 22.0 Å². The van der Waals surface area contributed by atoms with Gasteiger partial charge in [-0.3, -0.25) is 9.59 Å². The van der Waals surface area contributed by atoms with Crippen LogP contribution in [0, 0.1) is 11.3 Å². The highest BCUT2D eigenvalue weighted by atomic mass is 19.4. The smallest absolute Gasteiger partial charge is 0.453 e. The Morgan fingerprint density at radius 3 is 2.48 bits per heavy atom. The monoisotopic (exact) mass is 372 g/mol. The van der Waals surface area contributed by atoms with Crippen molar-refractivity contribution in [3.8, 4) is 0 Å². The second-order valence-corrected chi connectivity index (χ2v) is 7.13. The third kappa shape index (κ3) is 4.23. The molecule has 0 radical (unpaired) electrons. The molecule has 2 rings (SSSR count). The molecule has 0 N–H and O–H groups in total. The van der Waals surface area contributed by atoms with Crippen molar-refractivity contribution in [1.29, 1.82) is 0 Å². The van der Waals surface area contributed by atoms with Crippen molar-refractivity contribution in [3.63, 3.8) is 0 Å². The maximum Gasteiger partial charge on any atom is 0.453 e. The van der Waals surface area contributed by atoms with Gasteiger partial charge in [-0.25, -0.2) is 0 Å². The van der Waals surface area contributed by atoms with Crippen LogP contribution in [0.3, 0.4) is 0 Å². The first-order valence-electron chi connectivity index (χ1n) is 8.23. The van der Waals surface area contributed by atoms with Crippen LogP contribution in [0.5, 0.6) is 0 Å². The van der Waals surface area contributed by atoms with E-state index in [4.69, 9.17) is 9.47 Å². The van der Waals surface area contributed by atoms with E-state index in [-0.39, 0.29) is 30.8 Å². The van der Waals surface area contributed by atoms with Crippen molar-refractivity contribution in [2.45, 2.75) is 76.7 Å². The van der Waals surface area contributed by atoms with Gasteiger partial charge in [0.25, 0.3) is 0 Å². The molecule has 1 saturated carbocycles. The van der Waals surface area contributed by atoms with Crippen LogP contribution in [0.25, 0.3) is 0 Å². The Morgan fingerprint density at radius 1 is 1.28 bits per heavy atom. The van der Waals surface area contributed by atoms with Crippen molar-refractivity contribution in [2.75, 3.05) is 0 Å². The zero-order chi connectivity index (χ0) is 19.0. The summed E-state index contributed by atoms with van der Waals surface area (Å²) in [5, 5.41) is 0. The summed E-state index contributed by atoms with van der Waals surface area (Å²) in [6.07, 6.45) is -6.85. The van der Waals surface area contributed by atoms with Gasteiger partial charge >= 0.3 is 24.0 Å². The maximum atomic E-state index is 12.9. The van der Waals surface area contributed by atoms with Crippen molar-refractivity contribution in [3.05, 3.63) is 0 Å². The van der Waals surface area contributed by atoms with E-state index < -0.39 is 36.0 Å². The van der Waals surface area contributed by atoms with Crippen LogP contribution in [0.15, 0.2) is 0 Å². The molecule has 4 nitrogen and oxygen atoms in total. The lowest BCUT2D eigenvalue weighted by atomic mass is 9.70. The van der Waals surface area contributed by atoms with Crippen LogP contribution in [0.4, 0.5) is 22.0 Å². The Bertz CT molecular complexity index is 533. The highest BCUT2D eigenvalue weighted by molar-refractivity contribution is 5.77. The molecule has 1 heterocycles. The number of ether oxygens (including phenoxy) is 2. The number of rotatable bonds is 4. The van der Waals surface area contributed by atoms with E-state index in [0.717, 1.165) is 0 Å². The highest BCUT2D eigenvalue weighted by Crippen LogP contribution is 2.45. The summed E-state index contributed by atoms with van der Waals surface area (Å²) in [6.45, 7) is 3.62. The summed E-state index contributed by atoms with van der Waals surface area (Å²) in [6, 6.07) is 0. The Balaban J connectivity index is 1.94. The molecule has 0 aromatic heterocycles. The van der Waals surface area contributed by atoms with Gasteiger partial charge in [0.2, 0.25) is 0 Å². The molecule has 2 aliphatic rings. The molecule has 2 fully saturated rings. The number of carbonyl (C=O) groups is 2. The predicted octanol–water partition coefficient (Wildman–Crippen LogP) is 4.02. The number of hydrogen-bond acceptors (Lipinski definition) is 4. The summed E-state index contributed by atoms with van der Waals surface area (Å²) < 4.78 is 72.5. The van der Waals surface area contributed by atoms with E-state index in [1.54, 1.807) is 6.92 Å². The third-order valence-electron chi connectivity index (χ3n) is 5.19. The van der Waals surface area contributed by atoms with Gasteiger partial charge < -0.3 is 9.47 Å². The summed E-state index contributed by atoms with van der Waals surface area (Å²) in [5.41, 5.74) is -0.656. The number of halogens is 5.